The highest BCUT2D eigenvalue weighted by molar-refractivity contribution is 7.16. The number of carbonyl (C=O) groups excluding carboxylic acids is 1. The molecule has 1 aliphatic heterocycles. The molecule has 0 spiro atoms. The Morgan fingerprint density at radius 2 is 1.72 bits per heavy atom. The molecule has 5 rings (SSSR count). The van der Waals surface area contributed by atoms with Crippen molar-refractivity contribution in [3.05, 3.63) is 89.7 Å². The van der Waals surface area contributed by atoms with Gasteiger partial charge in [0.1, 0.15) is 24.7 Å². The number of aromatic nitrogens is 1. The zero-order valence-corrected chi connectivity index (χ0v) is 18.0. The fourth-order valence-corrected chi connectivity index (χ4v) is 4.49. The molecule has 1 aromatic heterocycles. The zero-order valence-electron chi connectivity index (χ0n) is 17.2. The van der Waals surface area contributed by atoms with Crippen molar-refractivity contribution >= 4 is 27.5 Å². The van der Waals surface area contributed by atoms with E-state index < -0.39 is 0 Å². The summed E-state index contributed by atoms with van der Waals surface area (Å²) in [5.74, 6) is 2.48. The third kappa shape index (κ3) is 4.02. The van der Waals surface area contributed by atoms with Crippen LogP contribution in [-0.2, 0) is 6.54 Å². The number of rotatable bonds is 5. The molecule has 0 N–H and O–H groups in total. The lowest BCUT2D eigenvalue weighted by Gasteiger charge is -2.18. The minimum Gasteiger partial charge on any atom is -0.486 e. The monoisotopic (exact) mass is 444 g/mol. The number of ether oxygens (including phenoxy) is 3. The number of allylic oxidation sites excluding steroid dienone is 1. The predicted molar refractivity (Wildman–Crippen MR) is 124 cm³/mol. The molecule has 160 valence electrons. The van der Waals surface area contributed by atoms with Gasteiger partial charge in [-0.3, -0.25) is 4.79 Å². The van der Waals surface area contributed by atoms with E-state index in [-0.39, 0.29) is 5.91 Å². The Kier molecular flexibility index (Phi) is 5.47. The van der Waals surface area contributed by atoms with E-state index in [4.69, 9.17) is 14.2 Å². The number of hydrogen-bond donors (Lipinski definition) is 0. The fraction of sp³-hybridized carbons (Fsp3) is 0.120. The van der Waals surface area contributed by atoms with E-state index in [1.165, 1.54) is 11.3 Å². The van der Waals surface area contributed by atoms with Crippen LogP contribution in [0, 0.1) is 0 Å². The van der Waals surface area contributed by atoms with Crippen molar-refractivity contribution in [3.8, 4) is 23.0 Å². The van der Waals surface area contributed by atoms with Gasteiger partial charge in [0.25, 0.3) is 5.91 Å². The van der Waals surface area contributed by atoms with E-state index in [2.05, 4.69) is 11.6 Å². The summed E-state index contributed by atoms with van der Waals surface area (Å²) >= 11 is 1.43. The lowest BCUT2D eigenvalue weighted by atomic mass is 10.2. The molecule has 32 heavy (non-hydrogen) atoms. The molecule has 6 nitrogen and oxygen atoms in total. The van der Waals surface area contributed by atoms with Crippen LogP contribution in [-0.4, -0.2) is 23.7 Å². The van der Waals surface area contributed by atoms with Gasteiger partial charge < -0.3 is 18.8 Å². The molecule has 7 heteroatoms. The van der Waals surface area contributed by atoms with E-state index in [9.17, 15) is 4.79 Å². The first-order valence-corrected chi connectivity index (χ1v) is 11.0. The van der Waals surface area contributed by atoms with Gasteiger partial charge in [0.05, 0.1) is 10.2 Å². The first-order valence-electron chi connectivity index (χ1n) is 10.2. The van der Waals surface area contributed by atoms with Crippen molar-refractivity contribution < 1.29 is 19.0 Å². The highest BCUT2D eigenvalue weighted by Crippen LogP contribution is 2.35. The van der Waals surface area contributed by atoms with Gasteiger partial charge in [-0.05, 0) is 36.4 Å². The molecule has 0 fully saturated rings. The average Bonchev–Trinajstić information content (AvgIpc) is 3.14. The summed E-state index contributed by atoms with van der Waals surface area (Å²) in [6.45, 7) is 5.40. The summed E-state index contributed by atoms with van der Waals surface area (Å²) in [5.41, 5.74) is 1.41. The minimum absolute atomic E-state index is 0.321. The minimum atomic E-state index is -0.321. The van der Waals surface area contributed by atoms with Gasteiger partial charge in [-0.25, -0.2) is 0 Å². The number of benzene rings is 3. The van der Waals surface area contributed by atoms with E-state index in [1.54, 1.807) is 30.3 Å². The van der Waals surface area contributed by atoms with E-state index in [0.717, 1.165) is 16.0 Å². The van der Waals surface area contributed by atoms with Crippen LogP contribution in [0.5, 0.6) is 23.0 Å². The molecular formula is C25H20N2O4S. The molecule has 3 aromatic carbocycles. The van der Waals surface area contributed by atoms with Gasteiger partial charge in [-0.1, -0.05) is 35.6 Å². The Labute approximate surface area is 188 Å². The van der Waals surface area contributed by atoms with Crippen LogP contribution in [0.2, 0.25) is 0 Å². The Morgan fingerprint density at radius 1 is 1.03 bits per heavy atom. The summed E-state index contributed by atoms with van der Waals surface area (Å²) < 4.78 is 20.1. The fourth-order valence-electron chi connectivity index (χ4n) is 3.44. The summed E-state index contributed by atoms with van der Waals surface area (Å²) in [7, 11) is 0. The molecule has 2 heterocycles. The van der Waals surface area contributed by atoms with Crippen LogP contribution in [0.1, 0.15) is 10.4 Å². The number of para-hydroxylation sites is 1. The van der Waals surface area contributed by atoms with Crippen molar-refractivity contribution in [1.29, 1.82) is 0 Å². The molecule has 4 aromatic rings. The van der Waals surface area contributed by atoms with E-state index in [0.29, 0.717) is 47.4 Å². The summed E-state index contributed by atoms with van der Waals surface area (Å²) in [4.78, 5) is 17.9. The van der Waals surface area contributed by atoms with Gasteiger partial charge >= 0.3 is 0 Å². The number of carbonyl (C=O) groups is 1. The van der Waals surface area contributed by atoms with Crippen molar-refractivity contribution in [2.45, 2.75) is 6.54 Å². The SMILES string of the molecule is C=CCn1c(=NC(=O)c2ccc(Oc3ccccc3)cc2)sc2cc3c(cc21)OCCO3. The smallest absolute Gasteiger partial charge is 0.279 e. The number of hydrogen-bond acceptors (Lipinski definition) is 5. The summed E-state index contributed by atoms with van der Waals surface area (Å²) in [6, 6.07) is 20.3. The van der Waals surface area contributed by atoms with Crippen LogP contribution >= 0.6 is 11.3 Å². The second kappa shape index (κ2) is 8.72. The first-order chi connectivity index (χ1) is 15.7. The van der Waals surface area contributed by atoms with Crippen LogP contribution in [0.3, 0.4) is 0 Å². The van der Waals surface area contributed by atoms with E-state index in [1.807, 2.05) is 47.0 Å². The van der Waals surface area contributed by atoms with E-state index >= 15 is 0 Å². The number of amides is 1. The molecule has 1 amide bonds. The third-order valence-corrected chi connectivity index (χ3v) is 5.98. The Bertz CT molecular complexity index is 1350. The lowest BCUT2D eigenvalue weighted by molar-refractivity contribution is 0.0998. The number of thiazole rings is 1. The van der Waals surface area contributed by atoms with Gasteiger partial charge in [0.2, 0.25) is 0 Å². The molecule has 0 bridgehead atoms. The second-order valence-electron chi connectivity index (χ2n) is 7.10. The molecule has 0 aliphatic carbocycles. The molecule has 0 radical (unpaired) electrons. The average molecular weight is 445 g/mol. The number of fused-ring (bicyclic) bond motifs is 2. The molecular weight excluding hydrogens is 424 g/mol. The normalized spacial score (nSPS) is 13.2. The highest BCUT2D eigenvalue weighted by atomic mass is 32.1. The van der Waals surface area contributed by atoms with Gasteiger partial charge in [-0.2, -0.15) is 4.99 Å². The van der Waals surface area contributed by atoms with Crippen molar-refractivity contribution in [2.24, 2.45) is 4.99 Å². The molecule has 0 atom stereocenters. The Morgan fingerprint density at radius 3 is 2.44 bits per heavy atom. The maximum atomic E-state index is 12.9. The standard InChI is InChI=1S/C25H20N2O4S/c1-2-12-27-20-15-21-22(30-14-13-29-21)16-23(20)32-25(27)26-24(28)17-8-10-19(11-9-17)31-18-6-4-3-5-7-18/h2-11,15-16H,1,12-14H2. The third-order valence-electron chi connectivity index (χ3n) is 4.94. The summed E-state index contributed by atoms with van der Waals surface area (Å²) in [6.07, 6.45) is 1.78. The maximum absolute atomic E-state index is 12.9. The largest absolute Gasteiger partial charge is 0.486 e. The molecule has 0 unspecified atom stereocenters. The zero-order chi connectivity index (χ0) is 21.9. The Balaban J connectivity index is 1.47. The summed E-state index contributed by atoms with van der Waals surface area (Å²) in [5, 5.41) is 0. The molecule has 0 saturated carbocycles. The van der Waals surface area contributed by atoms with Gasteiger partial charge in [0, 0.05) is 24.2 Å². The van der Waals surface area contributed by atoms with Crippen LogP contribution in [0.4, 0.5) is 0 Å². The van der Waals surface area contributed by atoms with Gasteiger partial charge in [0.15, 0.2) is 16.3 Å². The highest BCUT2D eigenvalue weighted by Gasteiger charge is 2.16. The van der Waals surface area contributed by atoms with Crippen LogP contribution < -0.4 is 19.0 Å². The van der Waals surface area contributed by atoms with Crippen molar-refractivity contribution in [1.82, 2.24) is 4.57 Å². The quantitative estimate of drug-likeness (QED) is 0.397. The lowest BCUT2D eigenvalue weighted by Crippen LogP contribution is -2.17. The molecule has 0 saturated heterocycles. The maximum Gasteiger partial charge on any atom is 0.279 e. The van der Waals surface area contributed by atoms with Crippen molar-refractivity contribution in [2.75, 3.05) is 13.2 Å². The van der Waals surface area contributed by atoms with Crippen molar-refractivity contribution in [3.63, 3.8) is 0 Å². The first kappa shape index (κ1) is 20.1. The predicted octanol–water partition coefficient (Wildman–Crippen LogP) is 5.19. The Hall–Kier alpha value is -3.84. The second-order valence-corrected chi connectivity index (χ2v) is 8.11. The van der Waals surface area contributed by atoms with Gasteiger partial charge in [-0.15, -0.1) is 6.58 Å². The number of nitrogens with zero attached hydrogens (tertiary/aromatic N) is 2. The topological polar surface area (TPSA) is 62.1 Å². The van der Waals surface area contributed by atoms with Crippen LogP contribution in [0.25, 0.3) is 10.2 Å². The van der Waals surface area contributed by atoms with Crippen LogP contribution in [0.15, 0.2) is 84.4 Å². The molecule has 1 aliphatic rings.